The number of nitrogens with one attached hydrogen (secondary N) is 3. The number of Topliss-reactive ketones (excluding diaryl/α,β-unsaturated/α-hetero) is 2. The minimum atomic E-state index is -0.229. The third-order valence-electron chi connectivity index (χ3n) is 4.14. The lowest BCUT2D eigenvalue weighted by Crippen LogP contribution is -3.11. The van der Waals surface area contributed by atoms with Gasteiger partial charge in [-0.25, -0.2) is 0 Å². The molecule has 0 aliphatic heterocycles. The number of halogens is 1. The van der Waals surface area contributed by atoms with Crippen LogP contribution in [-0.4, -0.2) is 42.6 Å². The smallest absolute Gasteiger partial charge is 0.279 e. The second kappa shape index (κ2) is 8.29. The Morgan fingerprint density at radius 2 is 1.81 bits per heavy atom. The lowest BCUT2D eigenvalue weighted by molar-refractivity contribution is -0.861. The van der Waals surface area contributed by atoms with Crippen molar-refractivity contribution in [3.8, 4) is 0 Å². The van der Waals surface area contributed by atoms with Gasteiger partial charge in [0, 0.05) is 11.3 Å². The number of amides is 1. The van der Waals surface area contributed by atoms with Gasteiger partial charge in [-0.1, -0.05) is 23.7 Å². The van der Waals surface area contributed by atoms with E-state index in [1.54, 1.807) is 45.2 Å². The molecule has 0 aliphatic rings. The van der Waals surface area contributed by atoms with Gasteiger partial charge in [0.1, 0.15) is 6.54 Å². The molecule has 1 aromatic heterocycles. The monoisotopic (exact) mass is 376 g/mol. The van der Waals surface area contributed by atoms with Crippen LogP contribution in [0.15, 0.2) is 24.3 Å². The van der Waals surface area contributed by atoms with Crippen molar-refractivity contribution in [2.45, 2.75) is 20.8 Å². The molecule has 0 aliphatic carbocycles. The zero-order valence-electron chi connectivity index (χ0n) is 15.3. The summed E-state index contributed by atoms with van der Waals surface area (Å²) in [6, 6.07) is 6.98. The minimum absolute atomic E-state index is 0.0740. The van der Waals surface area contributed by atoms with Crippen molar-refractivity contribution >= 4 is 34.8 Å². The average Bonchev–Trinajstić information content (AvgIpc) is 2.84. The number of likely N-dealkylation sites (N-methyl/N-ethyl adjacent to an activating group) is 1. The summed E-state index contributed by atoms with van der Waals surface area (Å²) in [5.74, 6) is -0.441. The molecule has 6 nitrogen and oxygen atoms in total. The van der Waals surface area contributed by atoms with Crippen LogP contribution in [0, 0.1) is 13.8 Å². The number of aromatic nitrogens is 1. The number of ketones is 2. The van der Waals surface area contributed by atoms with Crippen LogP contribution in [-0.2, 0) is 4.79 Å². The fourth-order valence-electron chi connectivity index (χ4n) is 3.01. The van der Waals surface area contributed by atoms with E-state index < -0.39 is 0 Å². The summed E-state index contributed by atoms with van der Waals surface area (Å²) < 4.78 is 0. The Bertz CT molecular complexity index is 858. The first kappa shape index (κ1) is 19.9. The molecule has 0 fully saturated rings. The van der Waals surface area contributed by atoms with Gasteiger partial charge in [0.25, 0.3) is 5.91 Å². The van der Waals surface area contributed by atoms with Crippen LogP contribution in [0.3, 0.4) is 0 Å². The Morgan fingerprint density at radius 3 is 2.38 bits per heavy atom. The highest BCUT2D eigenvalue weighted by Crippen LogP contribution is 2.20. The maximum Gasteiger partial charge on any atom is 0.279 e. The van der Waals surface area contributed by atoms with E-state index in [1.165, 1.54) is 6.92 Å². The molecule has 7 heteroatoms. The average molecular weight is 377 g/mol. The molecular formula is C19H23ClN3O3+. The Labute approximate surface area is 157 Å². The Hall–Kier alpha value is -2.44. The molecule has 2 aromatic rings. The highest BCUT2D eigenvalue weighted by Gasteiger charge is 2.23. The minimum Gasteiger partial charge on any atom is -0.355 e. The molecule has 138 valence electrons. The number of para-hydroxylation sites is 1. The maximum atomic E-state index is 12.5. The standard InChI is InChI=1S/C19H22ClN3O3/c1-11-18(13(3)24)12(2)21-19(11)16(25)9-23(4)10-17(26)22-15-8-6-5-7-14(15)20/h5-8,21H,9-10H2,1-4H3,(H,22,26)/p+1. The first-order chi connectivity index (χ1) is 12.2. The number of aromatic amines is 1. The summed E-state index contributed by atoms with van der Waals surface area (Å²) in [4.78, 5) is 40.1. The lowest BCUT2D eigenvalue weighted by Gasteiger charge is -2.13. The van der Waals surface area contributed by atoms with E-state index >= 15 is 0 Å². The van der Waals surface area contributed by atoms with E-state index in [-0.39, 0.29) is 30.6 Å². The lowest BCUT2D eigenvalue weighted by atomic mass is 10.1. The van der Waals surface area contributed by atoms with E-state index in [9.17, 15) is 14.4 Å². The summed E-state index contributed by atoms with van der Waals surface area (Å²) in [5.41, 5.74) is 2.88. The van der Waals surface area contributed by atoms with E-state index in [0.29, 0.717) is 33.2 Å². The summed E-state index contributed by atoms with van der Waals surface area (Å²) in [6.07, 6.45) is 0. The zero-order valence-corrected chi connectivity index (χ0v) is 16.1. The van der Waals surface area contributed by atoms with E-state index in [4.69, 9.17) is 11.6 Å². The number of rotatable bonds is 7. The van der Waals surface area contributed by atoms with Gasteiger partial charge in [-0.3, -0.25) is 14.4 Å². The van der Waals surface area contributed by atoms with Crippen LogP contribution < -0.4 is 10.2 Å². The molecule has 1 unspecified atom stereocenters. The number of H-pyrrole nitrogens is 1. The molecule has 1 amide bonds. The summed E-state index contributed by atoms with van der Waals surface area (Å²) in [7, 11) is 1.76. The molecule has 26 heavy (non-hydrogen) atoms. The van der Waals surface area contributed by atoms with Crippen molar-refractivity contribution in [1.29, 1.82) is 0 Å². The molecule has 0 saturated heterocycles. The molecule has 3 N–H and O–H groups in total. The third-order valence-corrected chi connectivity index (χ3v) is 4.47. The van der Waals surface area contributed by atoms with Crippen molar-refractivity contribution in [1.82, 2.24) is 4.98 Å². The topological polar surface area (TPSA) is 83.5 Å². The van der Waals surface area contributed by atoms with Crippen molar-refractivity contribution < 1.29 is 19.3 Å². The fraction of sp³-hybridized carbons (Fsp3) is 0.316. The quantitative estimate of drug-likeness (QED) is 0.644. The van der Waals surface area contributed by atoms with Crippen LogP contribution >= 0.6 is 11.6 Å². The van der Waals surface area contributed by atoms with Gasteiger partial charge in [-0.15, -0.1) is 0 Å². The maximum absolute atomic E-state index is 12.5. The second-order valence-electron chi connectivity index (χ2n) is 6.44. The number of aryl methyl sites for hydroxylation is 1. The number of quaternary nitrogens is 1. The number of carbonyl (C=O) groups excluding carboxylic acids is 3. The van der Waals surface area contributed by atoms with E-state index in [1.807, 2.05) is 0 Å². The van der Waals surface area contributed by atoms with Gasteiger partial charge in [0.2, 0.25) is 5.78 Å². The number of anilines is 1. The molecular weight excluding hydrogens is 354 g/mol. The molecule has 0 radical (unpaired) electrons. The Kier molecular flexibility index (Phi) is 6.34. The van der Waals surface area contributed by atoms with Gasteiger partial charge in [0.05, 0.1) is 23.5 Å². The number of hydrogen-bond donors (Lipinski definition) is 3. The number of benzene rings is 1. The van der Waals surface area contributed by atoms with E-state index in [0.717, 1.165) is 4.90 Å². The summed E-state index contributed by atoms with van der Waals surface area (Å²) in [5, 5.41) is 3.20. The third kappa shape index (κ3) is 4.59. The van der Waals surface area contributed by atoms with Crippen molar-refractivity contribution in [3.05, 3.63) is 51.8 Å². The molecule has 0 bridgehead atoms. The Balaban J connectivity index is 1.99. The second-order valence-corrected chi connectivity index (χ2v) is 6.85. The predicted molar refractivity (Wildman–Crippen MR) is 101 cm³/mol. The van der Waals surface area contributed by atoms with Crippen molar-refractivity contribution in [2.75, 3.05) is 25.5 Å². The summed E-state index contributed by atoms with van der Waals surface area (Å²) >= 11 is 6.02. The zero-order chi connectivity index (χ0) is 19.4. The Morgan fingerprint density at radius 1 is 1.15 bits per heavy atom. The molecule has 2 rings (SSSR count). The first-order valence-electron chi connectivity index (χ1n) is 8.29. The van der Waals surface area contributed by atoms with Crippen molar-refractivity contribution in [2.24, 2.45) is 0 Å². The van der Waals surface area contributed by atoms with Gasteiger partial charge in [-0.2, -0.15) is 0 Å². The highest BCUT2D eigenvalue weighted by molar-refractivity contribution is 6.33. The van der Waals surface area contributed by atoms with Crippen LogP contribution in [0.2, 0.25) is 5.02 Å². The largest absolute Gasteiger partial charge is 0.355 e. The van der Waals surface area contributed by atoms with Gasteiger partial charge < -0.3 is 15.2 Å². The SMILES string of the molecule is CC(=O)c1c(C)[nH]c(C(=O)C[NH+](C)CC(=O)Nc2ccccc2Cl)c1C. The van der Waals surface area contributed by atoms with Gasteiger partial charge >= 0.3 is 0 Å². The molecule has 0 saturated carbocycles. The molecule has 1 aromatic carbocycles. The molecule has 1 heterocycles. The van der Waals surface area contributed by atoms with Crippen LogP contribution in [0.25, 0.3) is 0 Å². The number of carbonyl (C=O) groups is 3. The van der Waals surface area contributed by atoms with Crippen LogP contribution in [0.5, 0.6) is 0 Å². The van der Waals surface area contributed by atoms with Crippen LogP contribution in [0.4, 0.5) is 5.69 Å². The highest BCUT2D eigenvalue weighted by atomic mass is 35.5. The van der Waals surface area contributed by atoms with Gasteiger partial charge in [-0.05, 0) is 38.5 Å². The van der Waals surface area contributed by atoms with Gasteiger partial charge in [0.15, 0.2) is 12.3 Å². The molecule has 1 atom stereocenters. The van der Waals surface area contributed by atoms with Crippen LogP contribution in [0.1, 0.15) is 39.0 Å². The number of hydrogen-bond acceptors (Lipinski definition) is 3. The first-order valence-corrected chi connectivity index (χ1v) is 8.67. The molecule has 0 spiro atoms. The normalized spacial score (nSPS) is 11.9. The fourth-order valence-corrected chi connectivity index (χ4v) is 3.20. The van der Waals surface area contributed by atoms with Crippen molar-refractivity contribution in [3.63, 3.8) is 0 Å². The summed E-state index contributed by atoms with van der Waals surface area (Å²) in [6.45, 7) is 5.26. The van der Waals surface area contributed by atoms with E-state index in [2.05, 4.69) is 10.3 Å². The predicted octanol–water partition coefficient (Wildman–Crippen LogP) is 1.82.